The van der Waals surface area contributed by atoms with Crippen molar-refractivity contribution in [2.45, 2.75) is 50.8 Å². The Hall–Kier alpha value is -4.12. The summed E-state index contributed by atoms with van der Waals surface area (Å²) >= 11 is 0. The second-order valence-corrected chi connectivity index (χ2v) is 9.48. The lowest BCUT2D eigenvalue weighted by Crippen LogP contribution is -2.34. The van der Waals surface area contributed by atoms with E-state index < -0.39 is 30.5 Å². The molecule has 0 saturated carbocycles. The van der Waals surface area contributed by atoms with Crippen molar-refractivity contribution in [2.24, 2.45) is 0 Å². The first-order chi connectivity index (χ1) is 18.9. The summed E-state index contributed by atoms with van der Waals surface area (Å²) in [4.78, 5) is 25.4. The molecule has 4 aromatic rings. The average Bonchev–Trinajstić information content (AvgIpc) is 3.51. The van der Waals surface area contributed by atoms with Crippen LogP contribution in [-0.2, 0) is 14.3 Å². The first kappa shape index (κ1) is 26.5. The van der Waals surface area contributed by atoms with Crippen molar-refractivity contribution >= 4 is 29.0 Å². The van der Waals surface area contributed by atoms with Gasteiger partial charge in [0.05, 0.1) is 12.4 Å². The molecule has 39 heavy (non-hydrogen) atoms. The van der Waals surface area contributed by atoms with Crippen LogP contribution >= 0.6 is 0 Å². The average molecular weight is 530 g/mol. The van der Waals surface area contributed by atoms with E-state index in [1.807, 2.05) is 61.5 Å². The zero-order valence-corrected chi connectivity index (χ0v) is 21.7. The minimum Gasteiger partial charge on any atom is -0.460 e. The number of hydrogen-bond acceptors (Lipinski definition) is 9. The van der Waals surface area contributed by atoms with Gasteiger partial charge < -0.3 is 25.0 Å². The summed E-state index contributed by atoms with van der Waals surface area (Å²) in [5.41, 5.74) is 4.05. The highest BCUT2D eigenvalue weighted by Crippen LogP contribution is 2.33. The van der Waals surface area contributed by atoms with E-state index in [-0.39, 0.29) is 12.6 Å². The maximum absolute atomic E-state index is 12.2. The largest absolute Gasteiger partial charge is 0.460 e. The number of carbonyl (C=O) groups is 1. The van der Waals surface area contributed by atoms with Crippen LogP contribution in [-0.4, -0.2) is 60.6 Å². The van der Waals surface area contributed by atoms with E-state index in [0.29, 0.717) is 17.0 Å². The molecule has 1 aliphatic heterocycles. The van der Waals surface area contributed by atoms with E-state index in [2.05, 4.69) is 27.2 Å². The summed E-state index contributed by atoms with van der Waals surface area (Å²) in [6, 6.07) is 17.8. The van der Waals surface area contributed by atoms with Crippen molar-refractivity contribution in [3.05, 3.63) is 90.0 Å². The first-order valence-corrected chi connectivity index (χ1v) is 12.9. The van der Waals surface area contributed by atoms with Gasteiger partial charge in [-0.1, -0.05) is 67.1 Å². The van der Waals surface area contributed by atoms with E-state index in [1.54, 1.807) is 10.6 Å². The minimum absolute atomic E-state index is 0.0173. The van der Waals surface area contributed by atoms with Gasteiger partial charge in [0.1, 0.15) is 31.2 Å². The molecule has 3 heterocycles. The summed E-state index contributed by atoms with van der Waals surface area (Å²) in [6.07, 6.45) is 2.23. The normalized spacial score (nSPS) is 21.8. The third kappa shape index (κ3) is 5.83. The highest BCUT2D eigenvalue weighted by Gasteiger charge is 2.45. The van der Waals surface area contributed by atoms with Crippen LogP contribution in [0.1, 0.15) is 42.3 Å². The Kier molecular flexibility index (Phi) is 7.97. The predicted octanol–water partition coefficient (Wildman–Crippen LogP) is 3.57. The van der Waals surface area contributed by atoms with Gasteiger partial charge in [0.25, 0.3) is 0 Å². The third-order valence-corrected chi connectivity index (χ3v) is 6.77. The molecule has 5 atom stereocenters. The van der Waals surface area contributed by atoms with E-state index in [4.69, 9.17) is 9.47 Å². The monoisotopic (exact) mass is 529 g/mol. The predicted molar refractivity (Wildman–Crippen MR) is 146 cm³/mol. The smallest absolute Gasteiger partial charge is 0.330 e. The van der Waals surface area contributed by atoms with Gasteiger partial charge in [-0.2, -0.15) is 0 Å². The number of aromatic nitrogens is 4. The van der Waals surface area contributed by atoms with E-state index in [0.717, 1.165) is 23.1 Å². The zero-order chi connectivity index (χ0) is 27.4. The van der Waals surface area contributed by atoms with Gasteiger partial charge in [-0.15, -0.1) is 0 Å². The molecule has 2 aromatic heterocycles. The number of hydrogen-bond donors (Lipinski definition) is 3. The second-order valence-electron chi connectivity index (χ2n) is 9.48. The number of carbonyl (C=O) groups excluding carboxylic acids is 1. The number of nitrogens with one attached hydrogen (secondary N) is 1. The number of nitrogens with zero attached hydrogens (tertiary/aromatic N) is 4. The Bertz CT molecular complexity index is 1440. The van der Waals surface area contributed by atoms with Gasteiger partial charge >= 0.3 is 5.97 Å². The summed E-state index contributed by atoms with van der Waals surface area (Å²) in [5, 5.41) is 24.8. The highest BCUT2D eigenvalue weighted by molar-refractivity contribution is 5.87. The maximum atomic E-state index is 12.2. The van der Waals surface area contributed by atoms with Gasteiger partial charge in [0.15, 0.2) is 23.2 Å². The topological polar surface area (TPSA) is 132 Å². The van der Waals surface area contributed by atoms with Crippen LogP contribution in [0.15, 0.2) is 73.3 Å². The summed E-state index contributed by atoms with van der Waals surface area (Å²) in [5.74, 6) is -0.0296. The zero-order valence-electron chi connectivity index (χ0n) is 21.7. The Balaban J connectivity index is 1.27. The Morgan fingerprint density at radius 1 is 1.10 bits per heavy atom. The lowest BCUT2D eigenvalue weighted by molar-refractivity contribution is -0.144. The van der Waals surface area contributed by atoms with Crippen molar-refractivity contribution < 1.29 is 24.5 Å². The molecule has 0 aliphatic carbocycles. The summed E-state index contributed by atoms with van der Waals surface area (Å²) in [6.45, 7) is 3.84. The molecule has 1 fully saturated rings. The van der Waals surface area contributed by atoms with Crippen LogP contribution in [0.25, 0.3) is 17.2 Å². The molecule has 0 amide bonds. The van der Waals surface area contributed by atoms with Gasteiger partial charge in [-0.05, 0) is 30.5 Å². The molecular formula is C29H31N5O5. The molecule has 10 nitrogen and oxygen atoms in total. The van der Waals surface area contributed by atoms with Crippen LogP contribution in [0, 0.1) is 6.92 Å². The Labute approximate surface area is 226 Å². The third-order valence-electron chi connectivity index (χ3n) is 6.77. The van der Waals surface area contributed by atoms with Crippen molar-refractivity contribution in [1.29, 1.82) is 0 Å². The number of esters is 1. The minimum atomic E-state index is -1.28. The number of rotatable bonds is 9. The van der Waals surface area contributed by atoms with E-state index in [9.17, 15) is 15.0 Å². The molecule has 0 spiro atoms. The number of imidazole rings is 1. The molecular weight excluding hydrogens is 498 g/mol. The standard InChI is InChI=1S/C29H31N5O5/c1-3-21(20-7-5-4-6-8-20)33-27-24-28(31-16-30-27)34(17-32-24)29-26(37)25(36)22(39-29)15-38-23(35)14-13-19-11-9-18(2)10-12-19/h4-14,16-17,21-22,25-26,29,36-37H,3,15H2,1-2H3,(H,30,31,33)/t21-,22+,25?,26-,29+/m0/s1. The molecule has 1 aliphatic rings. The number of anilines is 1. The SMILES string of the molecule is CC[C@H](Nc1ncnc2c1ncn2[C@@H]1O[C@H](COC(=O)C=Cc2ccc(C)cc2)C(O)[C@@H]1O)c1ccccc1. The summed E-state index contributed by atoms with van der Waals surface area (Å²) < 4.78 is 12.7. The fourth-order valence-corrected chi connectivity index (χ4v) is 4.57. The van der Waals surface area contributed by atoms with Gasteiger partial charge in [-0.3, -0.25) is 4.57 Å². The Morgan fingerprint density at radius 2 is 1.87 bits per heavy atom. The first-order valence-electron chi connectivity index (χ1n) is 12.9. The van der Waals surface area contributed by atoms with Gasteiger partial charge in [0, 0.05) is 6.08 Å². The number of ether oxygens (including phenoxy) is 2. The van der Waals surface area contributed by atoms with E-state index in [1.165, 1.54) is 18.7 Å². The highest BCUT2D eigenvalue weighted by atomic mass is 16.6. The van der Waals surface area contributed by atoms with Crippen LogP contribution in [0.3, 0.4) is 0 Å². The fraction of sp³-hybridized carbons (Fsp3) is 0.310. The molecule has 0 bridgehead atoms. The van der Waals surface area contributed by atoms with Crippen LogP contribution in [0.4, 0.5) is 5.82 Å². The molecule has 202 valence electrons. The lowest BCUT2D eigenvalue weighted by Gasteiger charge is -2.19. The molecule has 1 unspecified atom stereocenters. The number of fused-ring (bicyclic) bond motifs is 1. The van der Waals surface area contributed by atoms with Crippen LogP contribution < -0.4 is 5.32 Å². The molecule has 3 N–H and O–H groups in total. The van der Waals surface area contributed by atoms with Gasteiger partial charge in [-0.25, -0.2) is 19.7 Å². The molecule has 0 radical (unpaired) electrons. The van der Waals surface area contributed by atoms with Crippen molar-refractivity contribution in [3.8, 4) is 0 Å². The van der Waals surface area contributed by atoms with Crippen LogP contribution in [0.2, 0.25) is 0 Å². The van der Waals surface area contributed by atoms with Crippen molar-refractivity contribution in [2.75, 3.05) is 11.9 Å². The lowest BCUT2D eigenvalue weighted by atomic mass is 10.0. The van der Waals surface area contributed by atoms with Gasteiger partial charge in [0.2, 0.25) is 0 Å². The quantitative estimate of drug-likeness (QED) is 0.220. The molecule has 2 aromatic carbocycles. The van der Waals surface area contributed by atoms with Crippen molar-refractivity contribution in [1.82, 2.24) is 19.5 Å². The Morgan fingerprint density at radius 3 is 2.62 bits per heavy atom. The number of aliphatic hydroxyl groups excluding tert-OH is 2. The summed E-state index contributed by atoms with van der Waals surface area (Å²) in [7, 11) is 0. The maximum Gasteiger partial charge on any atom is 0.330 e. The molecule has 1 saturated heterocycles. The second kappa shape index (κ2) is 11.7. The molecule has 10 heteroatoms. The number of benzene rings is 2. The van der Waals surface area contributed by atoms with E-state index >= 15 is 0 Å². The molecule has 5 rings (SSSR count). The number of aliphatic hydroxyl groups is 2. The van der Waals surface area contributed by atoms with Crippen molar-refractivity contribution in [3.63, 3.8) is 0 Å². The fourth-order valence-electron chi connectivity index (χ4n) is 4.57. The van der Waals surface area contributed by atoms with Crippen LogP contribution in [0.5, 0.6) is 0 Å². The number of aryl methyl sites for hydroxylation is 1.